The van der Waals surface area contributed by atoms with E-state index < -0.39 is 0 Å². The van der Waals surface area contributed by atoms with Crippen molar-refractivity contribution in [2.24, 2.45) is 11.1 Å². The van der Waals surface area contributed by atoms with Crippen LogP contribution in [0.25, 0.3) is 5.57 Å². The summed E-state index contributed by atoms with van der Waals surface area (Å²) in [7, 11) is 1.68. The highest BCUT2D eigenvalue weighted by molar-refractivity contribution is 5.76. The van der Waals surface area contributed by atoms with Gasteiger partial charge in [0.15, 0.2) is 0 Å². The molecule has 1 aromatic rings. The van der Waals surface area contributed by atoms with Crippen molar-refractivity contribution in [3.8, 4) is 5.75 Å². The number of benzene rings is 1. The number of nitrogens with zero attached hydrogens (tertiary/aromatic N) is 1. The molecule has 112 valence electrons. The smallest absolute Gasteiger partial charge is 0.119 e. The maximum atomic E-state index is 11.3. The Morgan fingerprint density at radius 3 is 2.67 bits per heavy atom. The minimum absolute atomic E-state index is 0.172. The molecular formula is C18H23NO2. The lowest BCUT2D eigenvalue weighted by Crippen LogP contribution is -2.10. The molecule has 3 nitrogen and oxygen atoms in total. The van der Waals surface area contributed by atoms with E-state index in [4.69, 9.17) is 4.74 Å². The molecule has 0 bridgehead atoms. The number of nitroso groups, excluding NO2 is 1. The van der Waals surface area contributed by atoms with Crippen molar-refractivity contribution in [2.75, 3.05) is 7.11 Å². The number of rotatable bonds is 4. The third-order valence-corrected chi connectivity index (χ3v) is 4.97. The van der Waals surface area contributed by atoms with Crippen molar-refractivity contribution in [1.29, 1.82) is 0 Å². The van der Waals surface area contributed by atoms with E-state index in [-0.39, 0.29) is 6.04 Å². The van der Waals surface area contributed by atoms with Crippen molar-refractivity contribution in [2.45, 2.75) is 51.0 Å². The summed E-state index contributed by atoms with van der Waals surface area (Å²) >= 11 is 0. The van der Waals surface area contributed by atoms with Gasteiger partial charge in [0.2, 0.25) is 0 Å². The van der Waals surface area contributed by atoms with E-state index in [0.29, 0.717) is 5.92 Å². The van der Waals surface area contributed by atoms with Gasteiger partial charge in [0.25, 0.3) is 0 Å². The van der Waals surface area contributed by atoms with Crippen LogP contribution in [0.1, 0.15) is 50.5 Å². The van der Waals surface area contributed by atoms with E-state index in [1.807, 2.05) is 18.2 Å². The summed E-state index contributed by atoms with van der Waals surface area (Å²) in [5.74, 6) is 1.51. The van der Waals surface area contributed by atoms with E-state index in [0.717, 1.165) is 24.2 Å². The van der Waals surface area contributed by atoms with E-state index >= 15 is 0 Å². The first-order valence-corrected chi connectivity index (χ1v) is 8.03. The fourth-order valence-corrected chi connectivity index (χ4v) is 3.93. The second kappa shape index (κ2) is 6.42. The Morgan fingerprint density at radius 1 is 1.14 bits per heavy atom. The Bertz CT molecular complexity index is 544. The highest BCUT2D eigenvalue weighted by Gasteiger charge is 2.32. The molecular weight excluding hydrogens is 262 g/mol. The Hall–Kier alpha value is -1.64. The second-order valence-electron chi connectivity index (χ2n) is 6.17. The van der Waals surface area contributed by atoms with Crippen molar-refractivity contribution < 1.29 is 4.74 Å². The van der Waals surface area contributed by atoms with Gasteiger partial charge in [-0.3, -0.25) is 0 Å². The SMILES string of the molecule is COc1cccc(C2=C(C3CCCCC3)CCC2N=O)c1. The molecule has 3 rings (SSSR count). The summed E-state index contributed by atoms with van der Waals surface area (Å²) in [6.45, 7) is 0. The van der Waals surface area contributed by atoms with E-state index in [1.165, 1.54) is 43.3 Å². The molecule has 0 saturated heterocycles. The molecule has 0 spiro atoms. The van der Waals surface area contributed by atoms with Crippen LogP contribution in [-0.2, 0) is 0 Å². The second-order valence-corrected chi connectivity index (χ2v) is 6.17. The number of allylic oxidation sites excluding steroid dienone is 1. The van der Waals surface area contributed by atoms with Gasteiger partial charge in [-0.05, 0) is 54.9 Å². The zero-order chi connectivity index (χ0) is 14.7. The number of hydrogen-bond acceptors (Lipinski definition) is 3. The predicted octanol–water partition coefficient (Wildman–Crippen LogP) is 4.96. The van der Waals surface area contributed by atoms with Gasteiger partial charge in [0.1, 0.15) is 11.8 Å². The minimum Gasteiger partial charge on any atom is -0.497 e. The fraction of sp³-hybridized carbons (Fsp3) is 0.556. The zero-order valence-electron chi connectivity index (χ0n) is 12.7. The van der Waals surface area contributed by atoms with E-state index in [1.54, 1.807) is 7.11 Å². The molecule has 0 N–H and O–H groups in total. The molecule has 0 aromatic heterocycles. The van der Waals surface area contributed by atoms with Crippen LogP contribution in [-0.4, -0.2) is 13.2 Å². The standard InChI is InChI=1S/C18H23NO2/c1-21-15-9-5-8-14(12-15)18-16(10-11-17(18)19-20)13-6-3-2-4-7-13/h5,8-9,12-13,17H,2-4,6-7,10-11H2,1H3. The third kappa shape index (κ3) is 2.87. The lowest BCUT2D eigenvalue weighted by Gasteiger charge is -2.24. The molecule has 0 radical (unpaired) electrons. The van der Waals surface area contributed by atoms with Crippen LogP contribution in [0.2, 0.25) is 0 Å². The van der Waals surface area contributed by atoms with Crippen LogP contribution in [0, 0.1) is 10.8 Å². The van der Waals surface area contributed by atoms with Crippen LogP contribution in [0.4, 0.5) is 0 Å². The number of ether oxygens (including phenoxy) is 1. The van der Waals surface area contributed by atoms with Gasteiger partial charge in [-0.15, -0.1) is 0 Å². The van der Waals surface area contributed by atoms with E-state index in [9.17, 15) is 4.91 Å². The highest BCUT2D eigenvalue weighted by atomic mass is 16.5. The quantitative estimate of drug-likeness (QED) is 0.733. The molecule has 1 aromatic carbocycles. The third-order valence-electron chi connectivity index (χ3n) is 4.97. The molecule has 1 unspecified atom stereocenters. The predicted molar refractivity (Wildman–Crippen MR) is 85.3 cm³/mol. The summed E-state index contributed by atoms with van der Waals surface area (Å²) in [5.41, 5.74) is 3.81. The summed E-state index contributed by atoms with van der Waals surface area (Å²) in [4.78, 5) is 11.3. The van der Waals surface area contributed by atoms with Crippen LogP contribution in [0.3, 0.4) is 0 Å². The Kier molecular flexibility index (Phi) is 4.37. The van der Waals surface area contributed by atoms with Gasteiger partial charge >= 0.3 is 0 Å². The largest absolute Gasteiger partial charge is 0.497 e. The average Bonchev–Trinajstić information content (AvgIpc) is 2.99. The van der Waals surface area contributed by atoms with Gasteiger partial charge < -0.3 is 4.74 Å². The molecule has 0 amide bonds. The van der Waals surface area contributed by atoms with Crippen LogP contribution in [0.15, 0.2) is 35.0 Å². The van der Waals surface area contributed by atoms with Crippen molar-refractivity contribution in [3.05, 3.63) is 40.3 Å². The van der Waals surface area contributed by atoms with Crippen molar-refractivity contribution >= 4 is 5.57 Å². The maximum absolute atomic E-state index is 11.3. The molecule has 2 aliphatic carbocycles. The van der Waals surface area contributed by atoms with Gasteiger partial charge in [0, 0.05) is 0 Å². The first-order valence-electron chi connectivity index (χ1n) is 8.03. The highest BCUT2D eigenvalue weighted by Crippen LogP contribution is 2.44. The summed E-state index contributed by atoms with van der Waals surface area (Å²) < 4.78 is 5.33. The minimum atomic E-state index is -0.172. The molecule has 1 saturated carbocycles. The van der Waals surface area contributed by atoms with Gasteiger partial charge in [-0.1, -0.05) is 42.1 Å². The van der Waals surface area contributed by atoms with Gasteiger partial charge in [0.05, 0.1) is 7.11 Å². The van der Waals surface area contributed by atoms with Crippen LogP contribution >= 0.6 is 0 Å². The Balaban J connectivity index is 2.00. The average molecular weight is 285 g/mol. The molecule has 3 heteroatoms. The van der Waals surface area contributed by atoms with Crippen molar-refractivity contribution in [3.63, 3.8) is 0 Å². The fourth-order valence-electron chi connectivity index (χ4n) is 3.93. The van der Waals surface area contributed by atoms with Crippen LogP contribution < -0.4 is 4.74 Å². The Labute approximate surface area is 126 Å². The van der Waals surface area contributed by atoms with E-state index in [2.05, 4.69) is 11.2 Å². The summed E-state index contributed by atoms with van der Waals surface area (Å²) in [5, 5.41) is 3.40. The topological polar surface area (TPSA) is 38.7 Å². The maximum Gasteiger partial charge on any atom is 0.119 e. The normalized spacial score (nSPS) is 23.4. The monoisotopic (exact) mass is 285 g/mol. The molecule has 0 heterocycles. The molecule has 0 aliphatic heterocycles. The van der Waals surface area contributed by atoms with Crippen LogP contribution in [0.5, 0.6) is 5.75 Å². The molecule has 2 aliphatic rings. The summed E-state index contributed by atoms with van der Waals surface area (Å²) in [6, 6.07) is 7.91. The van der Waals surface area contributed by atoms with Gasteiger partial charge in [-0.2, -0.15) is 4.91 Å². The lowest BCUT2D eigenvalue weighted by atomic mass is 9.81. The first kappa shape index (κ1) is 14.3. The molecule has 1 atom stereocenters. The molecule has 21 heavy (non-hydrogen) atoms. The summed E-state index contributed by atoms with van der Waals surface area (Å²) in [6.07, 6.45) is 8.45. The Morgan fingerprint density at radius 2 is 1.95 bits per heavy atom. The number of hydrogen-bond donors (Lipinski definition) is 0. The first-order chi connectivity index (χ1) is 10.3. The number of methoxy groups -OCH3 is 1. The zero-order valence-corrected chi connectivity index (χ0v) is 12.7. The lowest BCUT2D eigenvalue weighted by molar-refractivity contribution is 0.398. The molecule has 1 fully saturated rings. The van der Waals surface area contributed by atoms with Gasteiger partial charge in [-0.25, -0.2) is 0 Å². The van der Waals surface area contributed by atoms with Crippen molar-refractivity contribution in [1.82, 2.24) is 0 Å².